The van der Waals surface area contributed by atoms with Crippen LogP contribution in [0.25, 0.3) is 0 Å². The normalized spacial score (nSPS) is 12.4. The lowest BCUT2D eigenvalue weighted by molar-refractivity contribution is 0.296. The van der Waals surface area contributed by atoms with Crippen LogP contribution in [0.5, 0.6) is 0 Å². The van der Waals surface area contributed by atoms with E-state index in [-0.39, 0.29) is 0 Å². The molecule has 0 heterocycles. The first-order valence-corrected chi connectivity index (χ1v) is 6.18. The maximum atomic E-state index is 3.51. The Morgan fingerprint density at radius 2 is 1.86 bits per heavy atom. The van der Waals surface area contributed by atoms with Crippen LogP contribution in [0.3, 0.4) is 0 Å². The summed E-state index contributed by atoms with van der Waals surface area (Å²) in [6.45, 7) is 13.9. The number of nitrogens with one attached hydrogen (secondary N) is 1. The van der Waals surface area contributed by atoms with E-state index in [0.29, 0.717) is 5.41 Å². The molecule has 1 heteroatoms. The molecule has 0 aromatic rings. The number of rotatable bonds is 8. The fourth-order valence-corrected chi connectivity index (χ4v) is 1.68. The van der Waals surface area contributed by atoms with Crippen LogP contribution in [0.4, 0.5) is 0 Å². The molecule has 0 bridgehead atoms. The highest BCUT2D eigenvalue weighted by molar-refractivity contribution is 4.71. The molecule has 0 spiro atoms. The van der Waals surface area contributed by atoms with E-state index < -0.39 is 0 Å². The van der Waals surface area contributed by atoms with Crippen molar-refractivity contribution in [3.8, 4) is 0 Å². The molecule has 0 fully saturated rings. The van der Waals surface area contributed by atoms with Crippen LogP contribution < -0.4 is 5.32 Å². The van der Waals surface area contributed by atoms with E-state index >= 15 is 0 Å². The number of hydrogen-bond acceptors (Lipinski definition) is 1. The van der Waals surface area contributed by atoms with Gasteiger partial charge in [0, 0.05) is 6.54 Å². The highest BCUT2D eigenvalue weighted by Crippen LogP contribution is 2.23. The van der Waals surface area contributed by atoms with Gasteiger partial charge in [-0.1, -0.05) is 47.5 Å². The molecule has 86 valence electrons. The van der Waals surface area contributed by atoms with Crippen molar-refractivity contribution in [3.63, 3.8) is 0 Å². The Kier molecular flexibility index (Phi) is 7.26. The Balaban J connectivity index is 3.50. The Bertz CT molecular complexity index is 127. The van der Waals surface area contributed by atoms with Gasteiger partial charge in [0.1, 0.15) is 0 Å². The van der Waals surface area contributed by atoms with E-state index in [1.165, 1.54) is 32.2 Å². The lowest BCUT2D eigenvalue weighted by Gasteiger charge is -2.25. The van der Waals surface area contributed by atoms with Crippen LogP contribution in [-0.4, -0.2) is 13.1 Å². The monoisotopic (exact) mass is 199 g/mol. The molecule has 0 aromatic heterocycles. The maximum absolute atomic E-state index is 3.51. The third-order valence-electron chi connectivity index (χ3n) is 2.67. The molecular weight excluding hydrogens is 170 g/mol. The molecular formula is C13H29N. The summed E-state index contributed by atoms with van der Waals surface area (Å²) in [6.07, 6.45) is 5.33. The first-order valence-electron chi connectivity index (χ1n) is 6.18. The van der Waals surface area contributed by atoms with Crippen molar-refractivity contribution in [2.75, 3.05) is 13.1 Å². The average molecular weight is 199 g/mol. The van der Waals surface area contributed by atoms with Crippen molar-refractivity contribution in [2.45, 2.75) is 60.3 Å². The van der Waals surface area contributed by atoms with Gasteiger partial charge in [-0.3, -0.25) is 0 Å². The van der Waals surface area contributed by atoms with Gasteiger partial charge in [0.25, 0.3) is 0 Å². The van der Waals surface area contributed by atoms with Crippen molar-refractivity contribution >= 4 is 0 Å². The first-order chi connectivity index (χ1) is 6.48. The Labute approximate surface area is 90.7 Å². The van der Waals surface area contributed by atoms with Crippen molar-refractivity contribution in [3.05, 3.63) is 0 Å². The molecule has 14 heavy (non-hydrogen) atoms. The molecule has 0 atom stereocenters. The molecule has 0 saturated carbocycles. The first kappa shape index (κ1) is 14.0. The van der Waals surface area contributed by atoms with E-state index in [9.17, 15) is 0 Å². The van der Waals surface area contributed by atoms with E-state index in [4.69, 9.17) is 0 Å². The smallest absolute Gasteiger partial charge is 0.000251 e. The van der Waals surface area contributed by atoms with Crippen LogP contribution in [0.15, 0.2) is 0 Å². The van der Waals surface area contributed by atoms with Gasteiger partial charge in [-0.25, -0.2) is 0 Å². The van der Waals surface area contributed by atoms with Crippen LogP contribution in [0.2, 0.25) is 0 Å². The molecule has 0 amide bonds. The van der Waals surface area contributed by atoms with Gasteiger partial charge in [0.05, 0.1) is 0 Å². The van der Waals surface area contributed by atoms with Gasteiger partial charge < -0.3 is 5.32 Å². The van der Waals surface area contributed by atoms with Crippen LogP contribution in [0, 0.1) is 11.3 Å². The third-order valence-corrected chi connectivity index (χ3v) is 2.67. The Hall–Kier alpha value is -0.0400. The summed E-state index contributed by atoms with van der Waals surface area (Å²) >= 11 is 0. The highest BCUT2D eigenvalue weighted by Gasteiger charge is 2.16. The summed E-state index contributed by atoms with van der Waals surface area (Å²) in [4.78, 5) is 0. The molecule has 0 aliphatic rings. The standard InChI is InChI=1S/C13H29N/c1-6-10-14-11-13(4,5)9-7-8-12(2)3/h12,14H,6-11H2,1-5H3. The SMILES string of the molecule is CCCNCC(C)(C)CCCC(C)C. The lowest BCUT2D eigenvalue weighted by atomic mass is 9.86. The van der Waals surface area contributed by atoms with Crippen molar-refractivity contribution in [2.24, 2.45) is 11.3 Å². The zero-order chi connectivity index (χ0) is 11.0. The second kappa shape index (κ2) is 7.28. The minimum Gasteiger partial charge on any atom is -0.316 e. The second-order valence-electron chi connectivity index (χ2n) is 5.63. The molecule has 0 unspecified atom stereocenters. The highest BCUT2D eigenvalue weighted by atomic mass is 14.9. The number of hydrogen-bond donors (Lipinski definition) is 1. The zero-order valence-electron chi connectivity index (χ0n) is 10.8. The Morgan fingerprint density at radius 1 is 1.21 bits per heavy atom. The summed E-state index contributed by atoms with van der Waals surface area (Å²) in [7, 11) is 0. The van der Waals surface area contributed by atoms with Gasteiger partial charge in [-0.05, 0) is 30.7 Å². The van der Waals surface area contributed by atoms with Crippen LogP contribution >= 0.6 is 0 Å². The molecule has 0 aliphatic heterocycles. The third kappa shape index (κ3) is 8.55. The maximum Gasteiger partial charge on any atom is 0.000251 e. The molecule has 0 saturated heterocycles. The van der Waals surface area contributed by atoms with E-state index in [1.807, 2.05) is 0 Å². The molecule has 0 radical (unpaired) electrons. The van der Waals surface area contributed by atoms with Gasteiger partial charge in [0.2, 0.25) is 0 Å². The van der Waals surface area contributed by atoms with Gasteiger partial charge in [-0.2, -0.15) is 0 Å². The van der Waals surface area contributed by atoms with Gasteiger partial charge in [0.15, 0.2) is 0 Å². The van der Waals surface area contributed by atoms with Crippen LogP contribution in [0.1, 0.15) is 60.3 Å². The quantitative estimate of drug-likeness (QED) is 0.586. The van der Waals surface area contributed by atoms with Crippen molar-refractivity contribution in [1.82, 2.24) is 5.32 Å². The fourth-order valence-electron chi connectivity index (χ4n) is 1.68. The molecule has 0 aromatic carbocycles. The predicted molar refractivity (Wildman–Crippen MR) is 65.6 cm³/mol. The largest absolute Gasteiger partial charge is 0.316 e. The molecule has 0 rings (SSSR count). The molecule has 1 nitrogen and oxygen atoms in total. The average Bonchev–Trinajstić information content (AvgIpc) is 2.03. The Morgan fingerprint density at radius 3 is 2.36 bits per heavy atom. The summed E-state index contributed by atoms with van der Waals surface area (Å²) < 4.78 is 0. The topological polar surface area (TPSA) is 12.0 Å². The summed E-state index contributed by atoms with van der Waals surface area (Å²) in [6, 6.07) is 0. The van der Waals surface area contributed by atoms with E-state index in [1.54, 1.807) is 0 Å². The summed E-state index contributed by atoms with van der Waals surface area (Å²) in [5.74, 6) is 0.856. The van der Waals surface area contributed by atoms with Gasteiger partial charge >= 0.3 is 0 Å². The van der Waals surface area contributed by atoms with E-state index in [0.717, 1.165) is 12.5 Å². The second-order valence-corrected chi connectivity index (χ2v) is 5.63. The van der Waals surface area contributed by atoms with E-state index in [2.05, 4.69) is 39.9 Å². The minimum absolute atomic E-state index is 0.476. The van der Waals surface area contributed by atoms with Gasteiger partial charge in [-0.15, -0.1) is 0 Å². The fraction of sp³-hybridized carbons (Fsp3) is 1.00. The van der Waals surface area contributed by atoms with Crippen molar-refractivity contribution in [1.29, 1.82) is 0 Å². The molecule has 1 N–H and O–H groups in total. The van der Waals surface area contributed by atoms with Crippen LogP contribution in [-0.2, 0) is 0 Å². The van der Waals surface area contributed by atoms with Crippen molar-refractivity contribution < 1.29 is 0 Å². The zero-order valence-corrected chi connectivity index (χ0v) is 10.8. The molecule has 0 aliphatic carbocycles. The lowest BCUT2D eigenvalue weighted by Crippen LogP contribution is -2.29. The minimum atomic E-state index is 0.476. The summed E-state index contributed by atoms with van der Waals surface area (Å²) in [5.41, 5.74) is 0.476. The summed E-state index contributed by atoms with van der Waals surface area (Å²) in [5, 5.41) is 3.51. The predicted octanol–water partition coefficient (Wildman–Crippen LogP) is 3.84.